The van der Waals surface area contributed by atoms with E-state index < -0.39 is 0 Å². The molecule has 0 spiro atoms. The molecule has 0 bridgehead atoms. The molecule has 2 aromatic carbocycles. The number of para-hydroxylation sites is 2. The average Bonchev–Trinajstić information content (AvgIpc) is 3.15. The topological polar surface area (TPSA) is 65.4 Å². The van der Waals surface area contributed by atoms with Crippen LogP contribution in [0.5, 0.6) is 11.5 Å². The van der Waals surface area contributed by atoms with Crippen molar-refractivity contribution in [1.29, 1.82) is 0 Å². The number of hydrogen-bond donors (Lipinski definition) is 1. The van der Waals surface area contributed by atoms with E-state index in [1.165, 1.54) is 0 Å². The smallest absolute Gasteiger partial charge is 0.225 e. The summed E-state index contributed by atoms with van der Waals surface area (Å²) in [5.74, 6) is 2.03. The fraction of sp³-hybridized carbons (Fsp3) is 0.273. The average molecular weight is 458 g/mol. The summed E-state index contributed by atoms with van der Waals surface area (Å²) >= 11 is 3.43. The number of ether oxygens (including phenoxy) is 2. The largest absolute Gasteiger partial charge is 0.490 e. The van der Waals surface area contributed by atoms with Crippen LogP contribution in [-0.4, -0.2) is 28.9 Å². The number of anilines is 1. The van der Waals surface area contributed by atoms with Gasteiger partial charge < -0.3 is 14.8 Å². The van der Waals surface area contributed by atoms with Gasteiger partial charge >= 0.3 is 0 Å². The summed E-state index contributed by atoms with van der Waals surface area (Å²) in [5, 5.41) is 7.23. The van der Waals surface area contributed by atoms with Crippen LogP contribution >= 0.6 is 15.9 Å². The van der Waals surface area contributed by atoms with Gasteiger partial charge in [-0.3, -0.25) is 4.79 Å². The molecule has 7 heteroatoms. The van der Waals surface area contributed by atoms with Crippen LogP contribution in [0.3, 0.4) is 0 Å². The molecule has 0 aliphatic rings. The van der Waals surface area contributed by atoms with Crippen molar-refractivity contribution in [1.82, 2.24) is 9.78 Å². The molecule has 1 aromatic heterocycles. The number of halogens is 1. The summed E-state index contributed by atoms with van der Waals surface area (Å²) in [7, 11) is 0. The number of nitrogens with zero attached hydrogens (tertiary/aromatic N) is 2. The number of hydrogen-bond acceptors (Lipinski definition) is 4. The Morgan fingerprint density at radius 3 is 2.52 bits per heavy atom. The zero-order chi connectivity index (χ0) is 20.5. The van der Waals surface area contributed by atoms with E-state index in [4.69, 9.17) is 9.47 Å². The highest BCUT2D eigenvalue weighted by Crippen LogP contribution is 2.26. The molecule has 0 unspecified atom stereocenters. The second kappa shape index (κ2) is 10.7. The Morgan fingerprint density at radius 2 is 1.79 bits per heavy atom. The Hall–Kier alpha value is -2.80. The van der Waals surface area contributed by atoms with Crippen LogP contribution in [-0.2, 0) is 11.3 Å². The maximum Gasteiger partial charge on any atom is 0.225 e. The van der Waals surface area contributed by atoms with Crippen molar-refractivity contribution >= 4 is 27.7 Å². The van der Waals surface area contributed by atoms with Gasteiger partial charge in [-0.15, -0.1) is 0 Å². The van der Waals surface area contributed by atoms with Gasteiger partial charge in [-0.2, -0.15) is 5.10 Å². The first-order valence-corrected chi connectivity index (χ1v) is 10.4. The van der Waals surface area contributed by atoms with Gasteiger partial charge in [0.05, 0.1) is 26.0 Å². The van der Waals surface area contributed by atoms with Crippen LogP contribution in [0.25, 0.3) is 0 Å². The lowest BCUT2D eigenvalue weighted by Gasteiger charge is -2.12. The lowest BCUT2D eigenvalue weighted by molar-refractivity contribution is -0.116. The number of nitrogens with one attached hydrogen (secondary N) is 1. The number of benzene rings is 2. The van der Waals surface area contributed by atoms with Gasteiger partial charge in [0.1, 0.15) is 5.82 Å². The molecule has 3 rings (SSSR count). The Morgan fingerprint density at radius 1 is 1.07 bits per heavy atom. The van der Waals surface area contributed by atoms with Crippen molar-refractivity contribution in [2.75, 3.05) is 18.5 Å². The maximum atomic E-state index is 12.3. The van der Waals surface area contributed by atoms with E-state index in [1.807, 2.05) is 55.5 Å². The lowest BCUT2D eigenvalue weighted by atomic mass is 10.2. The number of rotatable bonds is 10. The highest BCUT2D eigenvalue weighted by atomic mass is 79.9. The van der Waals surface area contributed by atoms with Crippen molar-refractivity contribution in [2.24, 2.45) is 0 Å². The first kappa shape index (κ1) is 20.9. The highest BCUT2D eigenvalue weighted by molar-refractivity contribution is 9.10. The summed E-state index contributed by atoms with van der Waals surface area (Å²) in [5.41, 5.74) is 1.11. The van der Waals surface area contributed by atoms with Gasteiger partial charge in [0.2, 0.25) is 5.91 Å². The molecule has 1 N–H and O–H groups in total. The van der Waals surface area contributed by atoms with Crippen LogP contribution in [0.1, 0.15) is 25.3 Å². The molecular weight excluding hydrogens is 434 g/mol. The zero-order valence-electron chi connectivity index (χ0n) is 16.3. The molecule has 1 amide bonds. The quantitative estimate of drug-likeness (QED) is 0.440. The second-order valence-electron chi connectivity index (χ2n) is 6.38. The lowest BCUT2D eigenvalue weighted by Crippen LogP contribution is -2.16. The number of carbonyl (C=O) groups excluding carboxylic acids is 1. The molecule has 0 fully saturated rings. The summed E-state index contributed by atoms with van der Waals surface area (Å²) in [6.07, 6.45) is 2.65. The molecule has 1 heterocycles. The van der Waals surface area contributed by atoms with Crippen molar-refractivity contribution in [2.45, 2.75) is 26.3 Å². The first-order chi connectivity index (χ1) is 14.2. The summed E-state index contributed by atoms with van der Waals surface area (Å²) in [6, 6.07) is 17.4. The Labute approximate surface area is 179 Å². The normalized spacial score (nSPS) is 10.6. The van der Waals surface area contributed by atoms with Crippen molar-refractivity contribution in [3.63, 3.8) is 0 Å². The maximum absolute atomic E-state index is 12.3. The van der Waals surface area contributed by atoms with E-state index in [-0.39, 0.29) is 5.91 Å². The number of amides is 1. The Kier molecular flexibility index (Phi) is 7.69. The second-order valence-corrected chi connectivity index (χ2v) is 7.30. The number of aromatic nitrogens is 2. The van der Waals surface area contributed by atoms with Gasteiger partial charge in [-0.1, -0.05) is 40.2 Å². The van der Waals surface area contributed by atoms with Crippen LogP contribution in [0.4, 0.5) is 5.82 Å². The van der Waals surface area contributed by atoms with Crippen molar-refractivity contribution < 1.29 is 14.3 Å². The minimum Gasteiger partial charge on any atom is -0.490 e. The molecule has 152 valence electrons. The van der Waals surface area contributed by atoms with E-state index in [1.54, 1.807) is 16.9 Å². The third-order valence-electron chi connectivity index (χ3n) is 4.18. The first-order valence-electron chi connectivity index (χ1n) is 9.56. The third-order valence-corrected chi connectivity index (χ3v) is 4.71. The Bertz CT molecular complexity index is 925. The van der Waals surface area contributed by atoms with E-state index >= 15 is 0 Å². The van der Waals surface area contributed by atoms with E-state index in [9.17, 15) is 4.79 Å². The van der Waals surface area contributed by atoms with Gasteiger partial charge in [0.25, 0.3) is 0 Å². The van der Waals surface area contributed by atoms with Gasteiger partial charge in [-0.05, 0) is 43.2 Å². The fourth-order valence-corrected chi connectivity index (χ4v) is 3.06. The van der Waals surface area contributed by atoms with E-state index in [0.29, 0.717) is 44.2 Å². The summed E-state index contributed by atoms with van der Waals surface area (Å²) in [6.45, 7) is 3.54. The van der Waals surface area contributed by atoms with Crippen molar-refractivity contribution in [3.8, 4) is 11.5 Å². The minimum absolute atomic E-state index is 0.0655. The highest BCUT2D eigenvalue weighted by Gasteiger charge is 2.09. The van der Waals surface area contributed by atoms with Gasteiger partial charge in [-0.25, -0.2) is 4.68 Å². The molecule has 3 aromatic rings. The Balaban J connectivity index is 1.46. The van der Waals surface area contributed by atoms with Crippen LogP contribution in [0, 0.1) is 0 Å². The minimum atomic E-state index is -0.0655. The molecular formula is C22H24BrN3O3. The monoisotopic (exact) mass is 457 g/mol. The third kappa shape index (κ3) is 6.35. The molecule has 0 saturated heterocycles. The van der Waals surface area contributed by atoms with Crippen molar-refractivity contribution in [3.05, 3.63) is 70.8 Å². The van der Waals surface area contributed by atoms with Gasteiger partial charge in [0, 0.05) is 17.0 Å². The molecule has 6 nitrogen and oxygen atoms in total. The predicted octanol–water partition coefficient (Wildman–Crippen LogP) is 4.89. The molecule has 0 saturated carbocycles. The van der Waals surface area contributed by atoms with Crippen LogP contribution in [0.15, 0.2) is 65.3 Å². The van der Waals surface area contributed by atoms with Crippen LogP contribution < -0.4 is 14.8 Å². The van der Waals surface area contributed by atoms with E-state index in [0.717, 1.165) is 15.8 Å². The number of carbonyl (C=O) groups is 1. The van der Waals surface area contributed by atoms with Gasteiger partial charge in [0.15, 0.2) is 11.5 Å². The van der Waals surface area contributed by atoms with Crippen LogP contribution in [0.2, 0.25) is 0 Å². The standard InChI is InChI=1S/C22H24BrN3O3/c1-2-28-19-6-3-4-7-20(19)29-15-5-8-22(27)25-21-13-14-24-26(21)16-17-9-11-18(23)12-10-17/h3-4,6-7,9-14H,2,5,8,15-16H2,1H3,(H,25,27). The predicted molar refractivity (Wildman–Crippen MR) is 116 cm³/mol. The van der Waals surface area contributed by atoms with E-state index in [2.05, 4.69) is 26.3 Å². The zero-order valence-corrected chi connectivity index (χ0v) is 17.9. The fourth-order valence-electron chi connectivity index (χ4n) is 2.79. The molecule has 0 aliphatic carbocycles. The molecule has 29 heavy (non-hydrogen) atoms. The SMILES string of the molecule is CCOc1ccccc1OCCCC(=O)Nc1ccnn1Cc1ccc(Br)cc1. The summed E-state index contributed by atoms with van der Waals surface area (Å²) < 4.78 is 14.1. The molecule has 0 atom stereocenters. The summed E-state index contributed by atoms with van der Waals surface area (Å²) in [4.78, 5) is 12.3. The molecule has 0 radical (unpaired) electrons. The molecule has 0 aliphatic heterocycles.